The normalized spacial score (nSPS) is 18.9. The predicted octanol–water partition coefficient (Wildman–Crippen LogP) is 1.86. The molecular formula is C16H23NO3. The first-order valence-corrected chi connectivity index (χ1v) is 7.33. The Labute approximate surface area is 120 Å². The lowest BCUT2D eigenvalue weighted by atomic mass is 9.99. The molecule has 1 atom stereocenters. The third-order valence-electron chi connectivity index (χ3n) is 3.80. The van der Waals surface area contributed by atoms with Gasteiger partial charge >= 0.3 is 0 Å². The molecule has 1 heterocycles. The summed E-state index contributed by atoms with van der Waals surface area (Å²) in [5, 5.41) is 9.19. The molecule has 0 bridgehead atoms. The van der Waals surface area contributed by atoms with E-state index in [4.69, 9.17) is 4.74 Å². The molecule has 0 radical (unpaired) electrons. The minimum absolute atomic E-state index is 0.00468. The van der Waals surface area contributed by atoms with Crippen LogP contribution < -0.4 is 4.74 Å². The van der Waals surface area contributed by atoms with Crippen molar-refractivity contribution < 1.29 is 14.6 Å². The molecule has 1 aliphatic heterocycles. The molecule has 0 saturated carbocycles. The molecule has 0 aromatic heterocycles. The fraction of sp³-hybridized carbons (Fsp3) is 0.562. The van der Waals surface area contributed by atoms with Gasteiger partial charge in [-0.15, -0.1) is 0 Å². The van der Waals surface area contributed by atoms with Gasteiger partial charge in [0.15, 0.2) is 6.61 Å². The monoisotopic (exact) mass is 277 g/mol. The van der Waals surface area contributed by atoms with Crippen molar-refractivity contribution in [3.8, 4) is 5.75 Å². The summed E-state index contributed by atoms with van der Waals surface area (Å²) in [6.07, 6.45) is 2.91. The molecule has 1 unspecified atom stereocenters. The van der Waals surface area contributed by atoms with Gasteiger partial charge in [-0.25, -0.2) is 0 Å². The molecular weight excluding hydrogens is 254 g/mol. The number of piperidine rings is 1. The number of nitrogens with zero attached hydrogens (tertiary/aromatic N) is 1. The van der Waals surface area contributed by atoms with E-state index < -0.39 is 0 Å². The molecule has 1 aliphatic rings. The first kappa shape index (κ1) is 14.9. The zero-order chi connectivity index (χ0) is 14.4. The Morgan fingerprint density at radius 2 is 2.35 bits per heavy atom. The molecule has 4 heteroatoms. The number of benzene rings is 1. The third kappa shape index (κ3) is 3.97. The van der Waals surface area contributed by atoms with E-state index in [9.17, 15) is 9.90 Å². The standard InChI is InChI=1S/C16H23NO3/c1-2-13-5-3-7-15(9-13)20-12-16(19)17-8-4-6-14(10-17)11-18/h3,5,7,9,14,18H,2,4,6,8,10-12H2,1H3. The zero-order valence-corrected chi connectivity index (χ0v) is 12.0. The molecule has 1 saturated heterocycles. The molecule has 2 rings (SSSR count). The smallest absolute Gasteiger partial charge is 0.260 e. The predicted molar refractivity (Wildman–Crippen MR) is 77.7 cm³/mol. The van der Waals surface area contributed by atoms with Crippen LogP contribution in [0.3, 0.4) is 0 Å². The Bertz CT molecular complexity index is 447. The lowest BCUT2D eigenvalue weighted by molar-refractivity contribution is -0.135. The van der Waals surface area contributed by atoms with Crippen LogP contribution >= 0.6 is 0 Å². The fourth-order valence-corrected chi connectivity index (χ4v) is 2.53. The number of rotatable bonds is 5. The maximum atomic E-state index is 12.1. The van der Waals surface area contributed by atoms with Gasteiger partial charge in [-0.2, -0.15) is 0 Å². The molecule has 1 fully saturated rings. The third-order valence-corrected chi connectivity index (χ3v) is 3.80. The highest BCUT2D eigenvalue weighted by Crippen LogP contribution is 2.17. The van der Waals surface area contributed by atoms with Crippen LogP contribution in [0.4, 0.5) is 0 Å². The van der Waals surface area contributed by atoms with Crippen LogP contribution in [0.1, 0.15) is 25.3 Å². The lowest BCUT2D eigenvalue weighted by Crippen LogP contribution is -2.43. The summed E-state index contributed by atoms with van der Waals surface area (Å²) in [6.45, 7) is 3.74. The second-order valence-electron chi connectivity index (χ2n) is 5.32. The van der Waals surface area contributed by atoms with Crippen molar-refractivity contribution in [2.24, 2.45) is 5.92 Å². The van der Waals surface area contributed by atoms with Crippen LogP contribution in [-0.4, -0.2) is 42.2 Å². The molecule has 20 heavy (non-hydrogen) atoms. The van der Waals surface area contributed by atoms with E-state index in [-0.39, 0.29) is 25.0 Å². The number of hydrogen-bond acceptors (Lipinski definition) is 3. The van der Waals surface area contributed by atoms with Crippen LogP contribution in [0.2, 0.25) is 0 Å². The summed E-state index contributed by atoms with van der Waals surface area (Å²) in [7, 11) is 0. The average molecular weight is 277 g/mol. The van der Waals surface area contributed by atoms with Crippen molar-refractivity contribution in [3.63, 3.8) is 0 Å². The molecule has 4 nitrogen and oxygen atoms in total. The van der Waals surface area contributed by atoms with Crippen molar-refractivity contribution in [3.05, 3.63) is 29.8 Å². The van der Waals surface area contributed by atoms with Gasteiger partial charge in [0.25, 0.3) is 5.91 Å². The highest BCUT2D eigenvalue weighted by molar-refractivity contribution is 5.77. The summed E-state index contributed by atoms with van der Waals surface area (Å²) in [4.78, 5) is 13.9. The average Bonchev–Trinajstić information content (AvgIpc) is 2.52. The minimum atomic E-state index is 0.00468. The Morgan fingerprint density at radius 3 is 3.10 bits per heavy atom. The molecule has 1 aromatic rings. The van der Waals surface area contributed by atoms with E-state index >= 15 is 0 Å². The lowest BCUT2D eigenvalue weighted by Gasteiger charge is -2.31. The molecule has 0 spiro atoms. The molecule has 0 aliphatic carbocycles. The van der Waals surface area contributed by atoms with Crippen LogP contribution in [-0.2, 0) is 11.2 Å². The highest BCUT2D eigenvalue weighted by Gasteiger charge is 2.23. The number of aliphatic hydroxyl groups is 1. The summed E-state index contributed by atoms with van der Waals surface area (Å²) in [5.74, 6) is 0.967. The van der Waals surface area contributed by atoms with Gasteiger partial charge in [-0.1, -0.05) is 19.1 Å². The van der Waals surface area contributed by atoms with Gasteiger partial charge in [-0.05, 0) is 42.9 Å². The first-order valence-electron chi connectivity index (χ1n) is 7.33. The Kier molecular flexibility index (Phi) is 5.41. The van der Waals surface area contributed by atoms with E-state index in [1.54, 1.807) is 4.90 Å². The Balaban J connectivity index is 1.85. The van der Waals surface area contributed by atoms with Crippen LogP contribution in [0.15, 0.2) is 24.3 Å². The maximum absolute atomic E-state index is 12.1. The van der Waals surface area contributed by atoms with Crippen molar-refractivity contribution in [2.75, 3.05) is 26.3 Å². The molecule has 1 amide bonds. The largest absolute Gasteiger partial charge is 0.484 e. The van der Waals surface area contributed by atoms with Gasteiger partial charge in [0.2, 0.25) is 0 Å². The number of hydrogen-bond donors (Lipinski definition) is 1. The molecule has 1 aromatic carbocycles. The van der Waals surface area contributed by atoms with Gasteiger partial charge in [-0.3, -0.25) is 4.79 Å². The summed E-state index contributed by atoms with van der Waals surface area (Å²) >= 11 is 0. The van der Waals surface area contributed by atoms with Gasteiger partial charge in [0.1, 0.15) is 5.75 Å². The molecule has 1 N–H and O–H groups in total. The summed E-state index contributed by atoms with van der Waals surface area (Å²) in [6, 6.07) is 7.84. The first-order chi connectivity index (χ1) is 9.72. The van der Waals surface area contributed by atoms with Gasteiger partial charge in [0, 0.05) is 19.7 Å². The van der Waals surface area contributed by atoms with Gasteiger partial charge in [0.05, 0.1) is 0 Å². The number of likely N-dealkylation sites (tertiary alicyclic amines) is 1. The van der Waals surface area contributed by atoms with Crippen molar-refractivity contribution in [2.45, 2.75) is 26.2 Å². The second kappa shape index (κ2) is 7.29. The highest BCUT2D eigenvalue weighted by atomic mass is 16.5. The summed E-state index contributed by atoms with van der Waals surface area (Å²) < 4.78 is 5.58. The minimum Gasteiger partial charge on any atom is -0.484 e. The van der Waals surface area contributed by atoms with E-state index in [0.29, 0.717) is 6.54 Å². The maximum Gasteiger partial charge on any atom is 0.260 e. The number of ether oxygens (including phenoxy) is 1. The topological polar surface area (TPSA) is 49.8 Å². The van der Waals surface area contributed by atoms with Crippen LogP contribution in [0.5, 0.6) is 5.75 Å². The van der Waals surface area contributed by atoms with E-state index in [2.05, 4.69) is 6.92 Å². The fourth-order valence-electron chi connectivity index (χ4n) is 2.53. The van der Waals surface area contributed by atoms with Crippen molar-refractivity contribution in [1.82, 2.24) is 4.90 Å². The summed E-state index contributed by atoms with van der Waals surface area (Å²) in [5.41, 5.74) is 1.20. The van der Waals surface area contributed by atoms with E-state index in [0.717, 1.165) is 31.6 Å². The van der Waals surface area contributed by atoms with E-state index in [1.807, 2.05) is 24.3 Å². The van der Waals surface area contributed by atoms with Crippen molar-refractivity contribution >= 4 is 5.91 Å². The number of carbonyl (C=O) groups is 1. The number of amides is 1. The SMILES string of the molecule is CCc1cccc(OCC(=O)N2CCCC(CO)C2)c1. The second-order valence-corrected chi connectivity index (χ2v) is 5.32. The number of aliphatic hydroxyl groups excluding tert-OH is 1. The molecule has 110 valence electrons. The Morgan fingerprint density at radius 1 is 1.50 bits per heavy atom. The Hall–Kier alpha value is -1.55. The van der Waals surface area contributed by atoms with Crippen molar-refractivity contribution in [1.29, 1.82) is 0 Å². The van der Waals surface area contributed by atoms with Crippen LogP contribution in [0.25, 0.3) is 0 Å². The van der Waals surface area contributed by atoms with E-state index in [1.165, 1.54) is 5.56 Å². The quantitative estimate of drug-likeness (QED) is 0.893. The van der Waals surface area contributed by atoms with Gasteiger partial charge < -0.3 is 14.7 Å². The number of carbonyl (C=O) groups excluding carboxylic acids is 1. The number of aryl methyl sites for hydroxylation is 1. The van der Waals surface area contributed by atoms with Crippen LogP contribution in [0, 0.1) is 5.92 Å². The zero-order valence-electron chi connectivity index (χ0n) is 12.0.